The molecule has 7 nitrogen and oxygen atoms in total. The summed E-state index contributed by atoms with van der Waals surface area (Å²) in [4.78, 5) is 22.3. The van der Waals surface area contributed by atoms with Gasteiger partial charge in [-0.3, -0.25) is 14.9 Å². The van der Waals surface area contributed by atoms with Gasteiger partial charge in [0, 0.05) is 17.2 Å². The number of ether oxygens (including phenoxy) is 2. The predicted molar refractivity (Wildman–Crippen MR) is 94.7 cm³/mol. The van der Waals surface area contributed by atoms with Gasteiger partial charge in [0.05, 0.1) is 25.2 Å². The van der Waals surface area contributed by atoms with Gasteiger partial charge in [-0.1, -0.05) is 0 Å². The molecule has 1 N–H and O–H groups in total. The van der Waals surface area contributed by atoms with E-state index in [1.807, 2.05) is 13.0 Å². The van der Waals surface area contributed by atoms with Crippen molar-refractivity contribution < 1.29 is 19.2 Å². The lowest BCUT2D eigenvalue weighted by atomic mass is 10.0. The minimum Gasteiger partial charge on any atom is -0.497 e. The highest BCUT2D eigenvalue weighted by Gasteiger charge is 2.20. The summed E-state index contributed by atoms with van der Waals surface area (Å²) >= 11 is 0. The van der Waals surface area contributed by atoms with E-state index in [9.17, 15) is 14.9 Å². The summed E-state index contributed by atoms with van der Waals surface area (Å²) in [7, 11) is 3.12. The molecule has 25 heavy (non-hydrogen) atoms. The van der Waals surface area contributed by atoms with Crippen molar-refractivity contribution in [2.24, 2.45) is 0 Å². The van der Waals surface area contributed by atoms with Crippen molar-refractivity contribution in [3.63, 3.8) is 0 Å². The van der Waals surface area contributed by atoms with E-state index in [1.165, 1.54) is 19.1 Å². The van der Waals surface area contributed by atoms with Crippen molar-refractivity contribution in [2.45, 2.75) is 19.9 Å². The molecule has 0 aliphatic heterocycles. The van der Waals surface area contributed by atoms with Crippen LogP contribution in [0.25, 0.3) is 0 Å². The number of carbonyl (C=O) groups excluding carboxylic acids is 1. The van der Waals surface area contributed by atoms with Crippen LogP contribution in [0.3, 0.4) is 0 Å². The van der Waals surface area contributed by atoms with Crippen LogP contribution in [0.4, 0.5) is 11.4 Å². The summed E-state index contributed by atoms with van der Waals surface area (Å²) in [5.41, 5.74) is 1.27. The van der Waals surface area contributed by atoms with Gasteiger partial charge >= 0.3 is 0 Å². The van der Waals surface area contributed by atoms with Crippen LogP contribution in [0.5, 0.6) is 11.5 Å². The van der Waals surface area contributed by atoms with Gasteiger partial charge in [0.1, 0.15) is 17.2 Å². The van der Waals surface area contributed by atoms with Crippen molar-refractivity contribution in [3.05, 3.63) is 57.6 Å². The molecule has 0 saturated carbocycles. The number of methoxy groups -OCH3 is 2. The van der Waals surface area contributed by atoms with Crippen LogP contribution >= 0.6 is 0 Å². The Labute approximate surface area is 145 Å². The lowest BCUT2D eigenvalue weighted by Gasteiger charge is -2.19. The first kappa shape index (κ1) is 18.3. The van der Waals surface area contributed by atoms with Crippen molar-refractivity contribution >= 4 is 17.2 Å². The molecule has 2 aromatic carbocycles. The number of Topliss-reactive ketones (excluding diaryl/α,β-unsaturated/α-hetero) is 1. The minimum atomic E-state index is -0.510. The number of nitrogens with one attached hydrogen (secondary N) is 1. The number of ketones is 1. The molecule has 7 heteroatoms. The zero-order valence-corrected chi connectivity index (χ0v) is 14.5. The first-order valence-electron chi connectivity index (χ1n) is 7.65. The summed E-state index contributed by atoms with van der Waals surface area (Å²) < 4.78 is 10.6. The third-order valence-electron chi connectivity index (χ3n) is 3.88. The maximum atomic E-state index is 11.5. The molecular weight excluding hydrogens is 324 g/mol. The maximum absolute atomic E-state index is 11.5. The molecule has 0 saturated heterocycles. The van der Waals surface area contributed by atoms with Crippen LogP contribution in [-0.2, 0) is 0 Å². The fourth-order valence-electron chi connectivity index (χ4n) is 2.51. The zero-order chi connectivity index (χ0) is 18.6. The molecule has 0 aliphatic carbocycles. The Hall–Kier alpha value is -3.09. The number of nitrogens with zero attached hydrogens (tertiary/aromatic N) is 1. The second-order valence-corrected chi connectivity index (χ2v) is 5.52. The van der Waals surface area contributed by atoms with Gasteiger partial charge in [-0.25, -0.2) is 0 Å². The molecule has 0 aromatic heterocycles. The van der Waals surface area contributed by atoms with Gasteiger partial charge in [-0.05, 0) is 44.2 Å². The van der Waals surface area contributed by atoms with Gasteiger partial charge in [-0.2, -0.15) is 0 Å². The monoisotopic (exact) mass is 344 g/mol. The van der Waals surface area contributed by atoms with E-state index in [0.717, 1.165) is 5.56 Å². The first-order valence-corrected chi connectivity index (χ1v) is 7.65. The lowest BCUT2D eigenvalue weighted by molar-refractivity contribution is -0.384. The van der Waals surface area contributed by atoms with Gasteiger partial charge in [0.15, 0.2) is 5.78 Å². The summed E-state index contributed by atoms with van der Waals surface area (Å²) in [6, 6.07) is 9.46. The topological polar surface area (TPSA) is 90.7 Å². The molecule has 0 spiro atoms. The normalized spacial score (nSPS) is 11.5. The summed E-state index contributed by atoms with van der Waals surface area (Å²) in [5, 5.41) is 14.5. The molecule has 0 fully saturated rings. The minimum absolute atomic E-state index is 0.151. The molecule has 0 radical (unpaired) electrons. The third-order valence-corrected chi connectivity index (χ3v) is 3.88. The summed E-state index contributed by atoms with van der Waals surface area (Å²) in [6.45, 7) is 3.23. The van der Waals surface area contributed by atoms with E-state index in [-0.39, 0.29) is 17.5 Å². The van der Waals surface area contributed by atoms with E-state index in [4.69, 9.17) is 9.47 Å². The van der Waals surface area contributed by atoms with E-state index < -0.39 is 4.92 Å². The Morgan fingerprint density at radius 2 is 1.88 bits per heavy atom. The van der Waals surface area contributed by atoms with Crippen LogP contribution in [0.15, 0.2) is 36.4 Å². The largest absolute Gasteiger partial charge is 0.497 e. The Morgan fingerprint density at radius 1 is 1.16 bits per heavy atom. The van der Waals surface area contributed by atoms with Crippen LogP contribution in [0.1, 0.15) is 35.8 Å². The highest BCUT2D eigenvalue weighted by molar-refractivity contribution is 5.95. The van der Waals surface area contributed by atoms with Crippen molar-refractivity contribution in [3.8, 4) is 11.5 Å². The van der Waals surface area contributed by atoms with E-state index >= 15 is 0 Å². The van der Waals surface area contributed by atoms with E-state index in [0.29, 0.717) is 22.7 Å². The molecule has 132 valence electrons. The quantitative estimate of drug-likeness (QED) is 0.464. The first-order chi connectivity index (χ1) is 11.9. The van der Waals surface area contributed by atoms with Gasteiger partial charge < -0.3 is 14.8 Å². The number of anilines is 1. The Bertz CT molecular complexity index is 804. The Kier molecular flexibility index (Phi) is 5.59. The summed E-state index contributed by atoms with van der Waals surface area (Å²) in [5.74, 6) is 1.08. The molecule has 1 atom stereocenters. The molecular formula is C18H20N2O5. The zero-order valence-electron chi connectivity index (χ0n) is 14.5. The number of nitro groups is 1. The van der Waals surface area contributed by atoms with Crippen molar-refractivity contribution in [2.75, 3.05) is 19.5 Å². The van der Waals surface area contributed by atoms with E-state index in [1.54, 1.807) is 32.4 Å². The molecule has 2 aromatic rings. The van der Waals surface area contributed by atoms with Gasteiger partial charge in [-0.15, -0.1) is 0 Å². The molecule has 0 bridgehead atoms. The second kappa shape index (κ2) is 7.65. The average Bonchev–Trinajstić information content (AvgIpc) is 2.60. The lowest BCUT2D eigenvalue weighted by Crippen LogP contribution is -2.10. The Balaban J connectivity index is 2.39. The number of benzene rings is 2. The standard InChI is InChI=1S/C18H20N2O5/c1-11(15-10-14(24-3)6-8-18(15)25-4)19-16-7-5-13(12(2)21)9-17(16)20(22)23/h5-11,19H,1-4H3/t11-/m0/s1. The molecule has 0 heterocycles. The van der Waals surface area contributed by atoms with Crippen LogP contribution in [0, 0.1) is 10.1 Å². The molecule has 0 unspecified atom stereocenters. The fourth-order valence-corrected chi connectivity index (χ4v) is 2.51. The van der Waals surface area contributed by atoms with E-state index in [2.05, 4.69) is 5.32 Å². The van der Waals surface area contributed by atoms with Gasteiger partial charge in [0.25, 0.3) is 5.69 Å². The SMILES string of the molecule is COc1ccc(OC)c([C@H](C)Nc2ccc(C(C)=O)cc2[N+](=O)[O-])c1. The highest BCUT2D eigenvalue weighted by atomic mass is 16.6. The number of hydrogen-bond acceptors (Lipinski definition) is 6. The molecule has 0 aliphatic rings. The van der Waals surface area contributed by atoms with Crippen LogP contribution in [-0.4, -0.2) is 24.9 Å². The van der Waals surface area contributed by atoms with Crippen molar-refractivity contribution in [1.82, 2.24) is 0 Å². The fraction of sp³-hybridized carbons (Fsp3) is 0.278. The average molecular weight is 344 g/mol. The van der Waals surface area contributed by atoms with Crippen molar-refractivity contribution in [1.29, 1.82) is 0 Å². The summed E-state index contributed by atoms with van der Waals surface area (Å²) in [6.07, 6.45) is 0. The Morgan fingerprint density at radius 3 is 2.44 bits per heavy atom. The number of nitro benzene ring substituents is 1. The number of hydrogen-bond donors (Lipinski definition) is 1. The smallest absolute Gasteiger partial charge is 0.293 e. The molecule has 2 rings (SSSR count). The van der Waals surface area contributed by atoms with Crippen LogP contribution < -0.4 is 14.8 Å². The van der Waals surface area contributed by atoms with Gasteiger partial charge in [0.2, 0.25) is 0 Å². The predicted octanol–water partition coefficient (Wildman–Crippen LogP) is 3.99. The molecule has 0 amide bonds. The number of carbonyl (C=O) groups is 1. The third kappa shape index (κ3) is 4.06. The second-order valence-electron chi connectivity index (χ2n) is 5.52. The maximum Gasteiger partial charge on any atom is 0.293 e. The number of rotatable bonds is 7. The highest BCUT2D eigenvalue weighted by Crippen LogP contribution is 2.34. The van der Waals surface area contributed by atoms with Crippen LogP contribution in [0.2, 0.25) is 0 Å².